The van der Waals surface area contributed by atoms with Crippen LogP contribution < -0.4 is 14.8 Å². The second-order valence-corrected chi connectivity index (χ2v) is 6.68. The average molecular weight is 375 g/mol. The molecule has 0 unspecified atom stereocenters. The molecule has 1 aliphatic carbocycles. The lowest BCUT2D eigenvalue weighted by atomic mass is 9.82. The number of ketones is 1. The highest BCUT2D eigenvalue weighted by Crippen LogP contribution is 2.38. The van der Waals surface area contributed by atoms with Crippen molar-refractivity contribution in [2.75, 3.05) is 19.5 Å². The number of anilines is 2. The highest BCUT2D eigenvalue weighted by atomic mass is 16.5. The van der Waals surface area contributed by atoms with Crippen molar-refractivity contribution in [1.29, 1.82) is 0 Å². The second-order valence-electron chi connectivity index (χ2n) is 6.68. The van der Waals surface area contributed by atoms with Crippen LogP contribution in [0.1, 0.15) is 34.0 Å². The van der Waals surface area contributed by atoms with E-state index in [0.29, 0.717) is 24.4 Å². The maximum atomic E-state index is 12.7. The highest BCUT2D eigenvalue weighted by Gasteiger charge is 2.30. The summed E-state index contributed by atoms with van der Waals surface area (Å²) in [6.07, 6.45) is 2.68. The minimum absolute atomic E-state index is 0.000307. The van der Waals surface area contributed by atoms with Crippen molar-refractivity contribution in [3.8, 4) is 11.5 Å². The number of aromatic nitrogens is 2. The first-order chi connectivity index (χ1) is 13.7. The van der Waals surface area contributed by atoms with Crippen molar-refractivity contribution in [3.63, 3.8) is 0 Å². The third-order valence-corrected chi connectivity index (χ3v) is 4.95. The summed E-state index contributed by atoms with van der Waals surface area (Å²) in [5.74, 6) is 1.98. The van der Waals surface area contributed by atoms with Crippen molar-refractivity contribution < 1.29 is 14.3 Å². The maximum Gasteiger partial charge on any atom is 0.227 e. The molecule has 2 aromatic carbocycles. The number of nitrogens with zero attached hydrogens (tertiary/aromatic N) is 2. The molecule has 0 aliphatic heterocycles. The zero-order valence-corrected chi connectivity index (χ0v) is 15.8. The predicted octanol–water partition coefficient (Wildman–Crippen LogP) is 4.15. The monoisotopic (exact) mass is 375 g/mol. The van der Waals surface area contributed by atoms with Gasteiger partial charge in [-0.05, 0) is 30.2 Å². The van der Waals surface area contributed by atoms with Gasteiger partial charge in [0.2, 0.25) is 5.95 Å². The van der Waals surface area contributed by atoms with E-state index in [1.54, 1.807) is 20.4 Å². The maximum absolute atomic E-state index is 12.7. The van der Waals surface area contributed by atoms with Crippen molar-refractivity contribution in [2.24, 2.45) is 0 Å². The third kappa shape index (κ3) is 3.53. The van der Waals surface area contributed by atoms with Crippen LogP contribution in [0.15, 0.2) is 54.7 Å². The molecule has 1 atom stereocenters. The van der Waals surface area contributed by atoms with E-state index >= 15 is 0 Å². The van der Waals surface area contributed by atoms with Crippen molar-refractivity contribution in [1.82, 2.24) is 9.97 Å². The molecular formula is C22H21N3O3. The first-order valence-electron chi connectivity index (χ1n) is 9.11. The zero-order chi connectivity index (χ0) is 19.5. The molecule has 0 amide bonds. The Morgan fingerprint density at radius 2 is 1.86 bits per heavy atom. The summed E-state index contributed by atoms with van der Waals surface area (Å²) < 4.78 is 10.8. The standard InChI is InChI=1S/C22H21N3O3/c1-27-16-8-9-17(21(12-16)28-2)14-10-19-18(20(26)11-14)13-23-22(25-19)24-15-6-4-3-5-7-15/h3-9,12-14H,10-11H2,1-2H3,(H,23,24,25)/t14-/m0/s1. The van der Waals surface area contributed by atoms with Gasteiger partial charge in [0.05, 0.1) is 25.5 Å². The predicted molar refractivity (Wildman–Crippen MR) is 107 cm³/mol. The van der Waals surface area contributed by atoms with Crippen LogP contribution in [-0.4, -0.2) is 30.0 Å². The van der Waals surface area contributed by atoms with Crippen molar-refractivity contribution in [2.45, 2.75) is 18.8 Å². The Morgan fingerprint density at radius 3 is 2.61 bits per heavy atom. The largest absolute Gasteiger partial charge is 0.497 e. The molecule has 28 heavy (non-hydrogen) atoms. The van der Waals surface area contributed by atoms with E-state index in [2.05, 4.69) is 15.3 Å². The Labute approximate surface area is 163 Å². The minimum Gasteiger partial charge on any atom is -0.497 e. The van der Waals surface area contributed by atoms with Crippen molar-refractivity contribution >= 4 is 17.4 Å². The van der Waals surface area contributed by atoms with Gasteiger partial charge in [0.1, 0.15) is 11.5 Å². The lowest BCUT2D eigenvalue weighted by Crippen LogP contribution is -2.21. The van der Waals surface area contributed by atoms with Gasteiger partial charge in [-0.3, -0.25) is 4.79 Å². The molecule has 0 fully saturated rings. The highest BCUT2D eigenvalue weighted by molar-refractivity contribution is 5.98. The number of para-hydroxylation sites is 1. The normalized spacial score (nSPS) is 15.6. The molecule has 0 saturated carbocycles. The molecule has 6 heteroatoms. The molecule has 0 radical (unpaired) electrons. The van der Waals surface area contributed by atoms with E-state index in [-0.39, 0.29) is 11.7 Å². The Balaban J connectivity index is 1.63. The number of hydrogen-bond donors (Lipinski definition) is 1. The Morgan fingerprint density at radius 1 is 1.04 bits per heavy atom. The van der Waals surface area contributed by atoms with Gasteiger partial charge in [0.15, 0.2) is 5.78 Å². The van der Waals surface area contributed by atoms with E-state index in [1.807, 2.05) is 48.5 Å². The molecule has 1 heterocycles. The number of Topliss-reactive ketones (excluding diaryl/α,β-unsaturated/α-hetero) is 1. The fraction of sp³-hybridized carbons (Fsp3) is 0.227. The third-order valence-electron chi connectivity index (χ3n) is 4.95. The van der Waals surface area contributed by atoms with Gasteiger partial charge in [-0.25, -0.2) is 9.97 Å². The Hall–Kier alpha value is -3.41. The fourth-order valence-electron chi connectivity index (χ4n) is 3.53. The number of benzene rings is 2. The summed E-state index contributed by atoms with van der Waals surface area (Å²) in [7, 11) is 3.24. The number of ether oxygens (including phenoxy) is 2. The summed E-state index contributed by atoms with van der Waals surface area (Å²) in [6, 6.07) is 15.4. The van der Waals surface area contributed by atoms with Crippen LogP contribution in [0.2, 0.25) is 0 Å². The number of fused-ring (bicyclic) bond motifs is 1. The molecule has 0 saturated heterocycles. The summed E-state index contributed by atoms with van der Waals surface area (Å²) in [5.41, 5.74) is 3.24. The van der Waals surface area contributed by atoms with Crippen LogP contribution in [0.25, 0.3) is 0 Å². The van der Waals surface area contributed by atoms with E-state index in [1.165, 1.54) is 0 Å². The molecule has 0 spiro atoms. The summed E-state index contributed by atoms with van der Waals surface area (Å²) in [4.78, 5) is 21.6. The number of rotatable bonds is 5. The SMILES string of the molecule is COc1ccc([C@@H]2CC(=O)c3cnc(Nc4ccccc4)nc3C2)c(OC)c1. The Kier molecular flexibility index (Phi) is 4.93. The molecule has 6 nitrogen and oxygen atoms in total. The van der Waals surface area contributed by atoms with Gasteiger partial charge in [-0.15, -0.1) is 0 Å². The molecule has 1 aliphatic rings. The topological polar surface area (TPSA) is 73.3 Å². The molecule has 0 bridgehead atoms. The van der Waals surface area contributed by atoms with Gasteiger partial charge in [-0.1, -0.05) is 24.3 Å². The molecular weight excluding hydrogens is 354 g/mol. The van der Waals surface area contributed by atoms with Gasteiger partial charge in [0, 0.05) is 30.3 Å². The number of nitrogens with one attached hydrogen (secondary N) is 1. The van der Waals surface area contributed by atoms with Crippen LogP contribution in [-0.2, 0) is 6.42 Å². The fourth-order valence-corrected chi connectivity index (χ4v) is 3.53. The number of carbonyl (C=O) groups excluding carboxylic acids is 1. The molecule has 1 N–H and O–H groups in total. The summed E-state index contributed by atoms with van der Waals surface area (Å²) in [6.45, 7) is 0. The lowest BCUT2D eigenvalue weighted by Gasteiger charge is -2.25. The summed E-state index contributed by atoms with van der Waals surface area (Å²) in [5, 5.41) is 3.19. The van der Waals surface area contributed by atoms with E-state index < -0.39 is 0 Å². The zero-order valence-electron chi connectivity index (χ0n) is 15.8. The van der Waals surface area contributed by atoms with Crippen molar-refractivity contribution in [3.05, 3.63) is 71.5 Å². The molecule has 142 valence electrons. The van der Waals surface area contributed by atoms with Crippen LogP contribution in [0.4, 0.5) is 11.6 Å². The smallest absolute Gasteiger partial charge is 0.227 e. The van der Waals surface area contributed by atoms with E-state index in [0.717, 1.165) is 28.4 Å². The van der Waals surface area contributed by atoms with Crippen LogP contribution in [0.5, 0.6) is 11.5 Å². The average Bonchev–Trinajstić information content (AvgIpc) is 2.73. The first-order valence-corrected chi connectivity index (χ1v) is 9.11. The minimum atomic E-state index is 0.000307. The first kappa shape index (κ1) is 18.0. The quantitative estimate of drug-likeness (QED) is 0.722. The summed E-state index contributed by atoms with van der Waals surface area (Å²) >= 11 is 0. The van der Waals surface area contributed by atoms with Crippen LogP contribution in [0.3, 0.4) is 0 Å². The van der Waals surface area contributed by atoms with Gasteiger partial charge in [-0.2, -0.15) is 0 Å². The number of hydrogen-bond acceptors (Lipinski definition) is 6. The number of methoxy groups -OCH3 is 2. The molecule has 4 rings (SSSR count). The second kappa shape index (κ2) is 7.68. The van der Waals surface area contributed by atoms with Gasteiger partial charge in [0.25, 0.3) is 0 Å². The van der Waals surface area contributed by atoms with Crippen LogP contribution in [0, 0.1) is 0 Å². The number of carbonyl (C=O) groups is 1. The van der Waals surface area contributed by atoms with E-state index in [4.69, 9.17) is 9.47 Å². The molecule has 3 aromatic rings. The molecule has 1 aromatic heterocycles. The Bertz CT molecular complexity index is 1010. The van der Waals surface area contributed by atoms with Gasteiger partial charge >= 0.3 is 0 Å². The van der Waals surface area contributed by atoms with Crippen LogP contribution >= 0.6 is 0 Å². The van der Waals surface area contributed by atoms with Gasteiger partial charge < -0.3 is 14.8 Å². The lowest BCUT2D eigenvalue weighted by molar-refractivity contribution is 0.0962. The van der Waals surface area contributed by atoms with E-state index in [9.17, 15) is 4.79 Å².